The van der Waals surface area contributed by atoms with Crippen LogP contribution in [-0.4, -0.2) is 36.0 Å². The molecular formula is C27H32N2O5. The van der Waals surface area contributed by atoms with Gasteiger partial charge in [0.1, 0.15) is 12.4 Å². The van der Waals surface area contributed by atoms with Gasteiger partial charge in [0.25, 0.3) is 0 Å². The molecular weight excluding hydrogens is 432 g/mol. The van der Waals surface area contributed by atoms with Crippen LogP contribution in [0.15, 0.2) is 46.7 Å². The molecule has 2 fully saturated rings. The topological polar surface area (TPSA) is 92.9 Å². The highest BCUT2D eigenvalue weighted by Crippen LogP contribution is 2.60. The van der Waals surface area contributed by atoms with Crippen molar-refractivity contribution in [2.75, 3.05) is 14.2 Å². The number of aromatic hydroxyl groups is 1. The molecule has 0 spiro atoms. The van der Waals surface area contributed by atoms with E-state index in [2.05, 4.69) is 17.2 Å². The van der Waals surface area contributed by atoms with Crippen molar-refractivity contribution in [1.29, 1.82) is 0 Å². The van der Waals surface area contributed by atoms with Crippen LogP contribution in [0.5, 0.6) is 17.2 Å². The molecule has 0 unspecified atom stereocenters. The molecule has 7 heteroatoms. The van der Waals surface area contributed by atoms with E-state index < -0.39 is 0 Å². The standard InChI is InChI=1S/C27H32N2O5/c1-27-11-10-18-19-14-25(33-3)24(30)13-21(19)23(12-20(18)22(27)8-9-26(27)28-31)29-34-15-16-4-6-17(32-2)7-5-16/h4-7,13-14,18,20,22,30-31H,8-12,15H2,1-3H3/t18-,20-,22+,27+/m1/s1. The summed E-state index contributed by atoms with van der Waals surface area (Å²) in [5.74, 6) is 2.52. The van der Waals surface area contributed by atoms with E-state index in [-0.39, 0.29) is 11.2 Å². The van der Waals surface area contributed by atoms with Crippen molar-refractivity contribution >= 4 is 11.4 Å². The fourth-order valence-electron chi connectivity index (χ4n) is 6.54. The minimum Gasteiger partial charge on any atom is -0.504 e. The number of fused-ring (bicyclic) bond motifs is 5. The molecule has 3 aliphatic rings. The van der Waals surface area contributed by atoms with Crippen molar-refractivity contribution < 1.29 is 24.6 Å². The molecule has 0 radical (unpaired) electrons. The van der Waals surface area contributed by atoms with Gasteiger partial charge in [0, 0.05) is 11.0 Å². The van der Waals surface area contributed by atoms with Gasteiger partial charge in [0.05, 0.1) is 25.6 Å². The third kappa shape index (κ3) is 3.67. The van der Waals surface area contributed by atoms with Crippen molar-refractivity contribution in [3.8, 4) is 17.2 Å². The molecule has 2 aromatic rings. The van der Waals surface area contributed by atoms with E-state index in [4.69, 9.17) is 14.3 Å². The Morgan fingerprint density at radius 2 is 1.88 bits per heavy atom. The molecule has 2 N–H and O–H groups in total. The van der Waals surface area contributed by atoms with Crippen LogP contribution >= 0.6 is 0 Å². The molecule has 2 saturated carbocycles. The first kappa shape index (κ1) is 22.6. The predicted molar refractivity (Wildman–Crippen MR) is 129 cm³/mol. The van der Waals surface area contributed by atoms with Gasteiger partial charge in [-0.3, -0.25) is 0 Å². The zero-order valence-corrected chi connectivity index (χ0v) is 20.0. The first-order valence-corrected chi connectivity index (χ1v) is 11.9. The van der Waals surface area contributed by atoms with E-state index in [0.717, 1.165) is 66.0 Å². The van der Waals surface area contributed by atoms with Crippen LogP contribution in [0.3, 0.4) is 0 Å². The Kier molecular flexibility index (Phi) is 5.88. The lowest BCUT2D eigenvalue weighted by Gasteiger charge is -2.48. The molecule has 4 atom stereocenters. The van der Waals surface area contributed by atoms with Crippen LogP contribution in [0.25, 0.3) is 0 Å². The number of hydrogen-bond acceptors (Lipinski definition) is 7. The van der Waals surface area contributed by atoms with Gasteiger partial charge in [-0.15, -0.1) is 0 Å². The molecule has 180 valence electrons. The van der Waals surface area contributed by atoms with E-state index in [1.54, 1.807) is 20.3 Å². The molecule has 5 rings (SSSR count). The maximum atomic E-state index is 10.5. The van der Waals surface area contributed by atoms with Gasteiger partial charge in [-0.25, -0.2) is 0 Å². The molecule has 0 heterocycles. The van der Waals surface area contributed by atoms with Gasteiger partial charge < -0.3 is 24.6 Å². The summed E-state index contributed by atoms with van der Waals surface area (Å²) in [6.07, 6.45) is 4.61. The monoisotopic (exact) mass is 464 g/mol. The van der Waals surface area contributed by atoms with E-state index in [1.807, 2.05) is 30.3 Å². The highest BCUT2D eigenvalue weighted by atomic mass is 16.6. The van der Waals surface area contributed by atoms with Crippen molar-refractivity contribution in [2.24, 2.45) is 27.6 Å². The zero-order valence-electron chi connectivity index (χ0n) is 20.0. The number of methoxy groups -OCH3 is 2. The summed E-state index contributed by atoms with van der Waals surface area (Å²) in [5.41, 5.74) is 4.80. The number of nitrogens with zero attached hydrogens (tertiary/aromatic N) is 2. The van der Waals surface area contributed by atoms with E-state index in [0.29, 0.717) is 30.1 Å². The van der Waals surface area contributed by atoms with Crippen LogP contribution in [0, 0.1) is 17.3 Å². The smallest absolute Gasteiger partial charge is 0.160 e. The van der Waals surface area contributed by atoms with Gasteiger partial charge in [-0.2, -0.15) is 0 Å². The summed E-state index contributed by atoms with van der Waals surface area (Å²) in [6, 6.07) is 11.5. The molecule has 0 amide bonds. The maximum absolute atomic E-state index is 10.5. The Labute approximate surface area is 200 Å². The second kappa shape index (κ2) is 8.85. The molecule has 0 bridgehead atoms. The summed E-state index contributed by atoms with van der Waals surface area (Å²) in [5, 5.41) is 28.4. The van der Waals surface area contributed by atoms with E-state index in [9.17, 15) is 10.3 Å². The maximum Gasteiger partial charge on any atom is 0.160 e. The summed E-state index contributed by atoms with van der Waals surface area (Å²) in [4.78, 5) is 5.82. The zero-order chi connectivity index (χ0) is 23.9. The number of phenols is 1. The van der Waals surface area contributed by atoms with Crippen molar-refractivity contribution in [3.05, 3.63) is 53.1 Å². The first-order chi connectivity index (χ1) is 16.5. The number of rotatable bonds is 5. The number of benzene rings is 2. The highest BCUT2D eigenvalue weighted by Gasteiger charge is 2.54. The Balaban J connectivity index is 1.48. The van der Waals surface area contributed by atoms with Gasteiger partial charge in [-0.1, -0.05) is 29.4 Å². The lowest BCUT2D eigenvalue weighted by atomic mass is 9.55. The Morgan fingerprint density at radius 1 is 1.09 bits per heavy atom. The van der Waals surface area contributed by atoms with Crippen molar-refractivity contribution in [1.82, 2.24) is 0 Å². The van der Waals surface area contributed by atoms with Crippen LogP contribution < -0.4 is 9.47 Å². The second-order valence-electron chi connectivity index (χ2n) is 9.89. The first-order valence-electron chi connectivity index (χ1n) is 11.9. The number of ether oxygens (including phenoxy) is 2. The molecule has 0 aromatic heterocycles. The van der Waals surface area contributed by atoms with Crippen molar-refractivity contribution in [2.45, 2.75) is 51.6 Å². The lowest BCUT2D eigenvalue weighted by molar-refractivity contribution is 0.103. The largest absolute Gasteiger partial charge is 0.504 e. The molecule has 0 aliphatic heterocycles. The van der Waals surface area contributed by atoms with E-state index >= 15 is 0 Å². The van der Waals surface area contributed by atoms with Crippen molar-refractivity contribution in [3.63, 3.8) is 0 Å². The Morgan fingerprint density at radius 3 is 2.59 bits per heavy atom. The third-order valence-corrected chi connectivity index (χ3v) is 8.35. The predicted octanol–water partition coefficient (Wildman–Crippen LogP) is 5.47. The third-order valence-electron chi connectivity index (χ3n) is 8.35. The lowest BCUT2D eigenvalue weighted by Crippen LogP contribution is -2.43. The van der Waals surface area contributed by atoms with Crippen LogP contribution in [0.4, 0.5) is 0 Å². The average molecular weight is 465 g/mol. The normalized spacial score (nSPS) is 29.9. The summed E-state index contributed by atoms with van der Waals surface area (Å²) in [7, 11) is 3.22. The highest BCUT2D eigenvalue weighted by molar-refractivity contribution is 6.04. The quantitative estimate of drug-likeness (QED) is 0.452. The number of hydrogen-bond donors (Lipinski definition) is 2. The molecule has 3 aliphatic carbocycles. The van der Waals surface area contributed by atoms with Gasteiger partial charge in [0.2, 0.25) is 0 Å². The fourth-order valence-corrected chi connectivity index (χ4v) is 6.54. The van der Waals surface area contributed by atoms with Crippen LogP contribution in [0.2, 0.25) is 0 Å². The van der Waals surface area contributed by atoms with Crippen LogP contribution in [-0.2, 0) is 11.4 Å². The van der Waals surface area contributed by atoms with Gasteiger partial charge in [-0.05, 0) is 85.3 Å². The summed E-state index contributed by atoms with van der Waals surface area (Å²) >= 11 is 0. The van der Waals surface area contributed by atoms with Crippen LogP contribution in [0.1, 0.15) is 61.6 Å². The summed E-state index contributed by atoms with van der Waals surface area (Å²) in [6.45, 7) is 2.60. The van der Waals surface area contributed by atoms with E-state index in [1.165, 1.54) is 0 Å². The second-order valence-corrected chi connectivity index (χ2v) is 9.89. The number of phenolic OH excluding ortho intramolecular Hbond substituents is 1. The Hall–Kier alpha value is -3.22. The average Bonchev–Trinajstić information content (AvgIpc) is 3.20. The SMILES string of the molecule is COc1ccc(CON=C2C[C@@H]3[C@H](CC[C@]4(C)C(=NO)CC[C@@H]34)c3cc(OC)c(O)cc32)cc1. The molecule has 0 saturated heterocycles. The summed E-state index contributed by atoms with van der Waals surface area (Å²) < 4.78 is 10.7. The minimum atomic E-state index is -0.0799. The van der Waals surface area contributed by atoms with Gasteiger partial charge in [0.15, 0.2) is 11.5 Å². The number of oxime groups is 2. The molecule has 2 aromatic carbocycles. The fraction of sp³-hybridized carbons (Fsp3) is 0.481. The minimum absolute atomic E-state index is 0.0799. The molecule has 7 nitrogen and oxygen atoms in total. The van der Waals surface area contributed by atoms with Gasteiger partial charge >= 0.3 is 0 Å². The molecule has 34 heavy (non-hydrogen) atoms. The Bertz CT molecular complexity index is 1130.